The Morgan fingerprint density at radius 1 is 1.34 bits per heavy atom. The molecule has 0 fully saturated rings. The van der Waals surface area contributed by atoms with Crippen LogP contribution in [0.5, 0.6) is 0 Å². The van der Waals surface area contributed by atoms with Crippen LogP contribution in [0.3, 0.4) is 0 Å². The van der Waals surface area contributed by atoms with Gasteiger partial charge < -0.3 is 20.0 Å². The van der Waals surface area contributed by atoms with E-state index in [0.29, 0.717) is 28.0 Å². The first-order valence-electron chi connectivity index (χ1n) is 9.73. The lowest BCUT2D eigenvalue weighted by Crippen LogP contribution is -2.28. The number of nitrogens with zero attached hydrogens (tertiary/aromatic N) is 3. The molecule has 8 nitrogen and oxygen atoms in total. The Morgan fingerprint density at radius 2 is 2.07 bits per heavy atom. The number of fused-ring (bicyclic) bond motifs is 1. The van der Waals surface area contributed by atoms with Crippen molar-refractivity contribution in [3.05, 3.63) is 56.5 Å². The molecule has 0 aromatic carbocycles. The summed E-state index contributed by atoms with van der Waals surface area (Å²) in [5.74, 6) is 0.0302. The topological polar surface area (TPSA) is 113 Å². The second-order valence-electron chi connectivity index (χ2n) is 7.40. The predicted octanol–water partition coefficient (Wildman–Crippen LogP) is 2.44. The number of hydrogen-bond acceptors (Lipinski definition) is 5. The SMILES string of the molecule is CC[C@@H](C)n1c(C)c(C(=O)NCc2c(C)cc(C)[nH]c2=O)c2cnc(CO)nc21. The van der Waals surface area contributed by atoms with Crippen LogP contribution in [0.1, 0.15) is 65.0 Å². The molecule has 1 atom stereocenters. The molecule has 3 aromatic rings. The predicted molar refractivity (Wildman–Crippen MR) is 111 cm³/mol. The van der Waals surface area contributed by atoms with Crippen molar-refractivity contribution < 1.29 is 9.90 Å². The van der Waals surface area contributed by atoms with E-state index in [-0.39, 0.29) is 30.7 Å². The molecule has 29 heavy (non-hydrogen) atoms. The lowest BCUT2D eigenvalue weighted by molar-refractivity contribution is 0.0951. The Kier molecular flexibility index (Phi) is 5.83. The molecule has 0 saturated carbocycles. The van der Waals surface area contributed by atoms with Gasteiger partial charge in [-0.2, -0.15) is 0 Å². The number of aromatic nitrogens is 4. The van der Waals surface area contributed by atoms with Crippen molar-refractivity contribution in [2.45, 2.75) is 60.2 Å². The van der Waals surface area contributed by atoms with Gasteiger partial charge in [0.15, 0.2) is 5.82 Å². The normalized spacial score (nSPS) is 12.3. The summed E-state index contributed by atoms with van der Waals surface area (Å²) in [6.07, 6.45) is 2.45. The summed E-state index contributed by atoms with van der Waals surface area (Å²) in [5.41, 5.74) is 3.86. The van der Waals surface area contributed by atoms with Gasteiger partial charge >= 0.3 is 0 Å². The number of H-pyrrole nitrogens is 1. The molecule has 0 bridgehead atoms. The summed E-state index contributed by atoms with van der Waals surface area (Å²) in [5, 5.41) is 12.9. The molecule has 0 radical (unpaired) electrons. The van der Waals surface area contributed by atoms with Crippen molar-refractivity contribution in [2.75, 3.05) is 0 Å². The van der Waals surface area contributed by atoms with Gasteiger partial charge in [0, 0.05) is 35.7 Å². The van der Waals surface area contributed by atoms with Crippen LogP contribution in [0.15, 0.2) is 17.1 Å². The van der Waals surface area contributed by atoms with E-state index in [1.807, 2.05) is 31.4 Å². The van der Waals surface area contributed by atoms with Crippen LogP contribution in [-0.2, 0) is 13.2 Å². The minimum absolute atomic E-state index is 0.127. The van der Waals surface area contributed by atoms with Gasteiger partial charge in [-0.15, -0.1) is 0 Å². The molecule has 3 aromatic heterocycles. The molecule has 0 unspecified atom stereocenters. The second kappa shape index (κ2) is 8.16. The van der Waals surface area contributed by atoms with Crippen LogP contribution >= 0.6 is 0 Å². The lowest BCUT2D eigenvalue weighted by atomic mass is 10.1. The summed E-state index contributed by atoms with van der Waals surface area (Å²) in [6, 6.07) is 2.01. The van der Waals surface area contributed by atoms with Crippen LogP contribution in [0.25, 0.3) is 11.0 Å². The fourth-order valence-corrected chi connectivity index (χ4v) is 3.69. The smallest absolute Gasteiger partial charge is 0.254 e. The van der Waals surface area contributed by atoms with Crippen LogP contribution in [0.2, 0.25) is 0 Å². The van der Waals surface area contributed by atoms with Gasteiger partial charge in [0.05, 0.1) is 10.9 Å². The van der Waals surface area contributed by atoms with Gasteiger partial charge in [-0.05, 0) is 45.7 Å². The minimum atomic E-state index is -0.283. The number of aliphatic hydroxyl groups is 1. The number of aryl methyl sites for hydroxylation is 2. The molecule has 0 aliphatic carbocycles. The number of carbonyl (C=O) groups excluding carboxylic acids is 1. The quantitative estimate of drug-likeness (QED) is 0.591. The number of carbonyl (C=O) groups is 1. The highest BCUT2D eigenvalue weighted by Crippen LogP contribution is 2.29. The fraction of sp³-hybridized carbons (Fsp3) is 0.429. The minimum Gasteiger partial charge on any atom is -0.388 e. The first-order chi connectivity index (χ1) is 13.8. The maximum absolute atomic E-state index is 13.1. The highest BCUT2D eigenvalue weighted by molar-refractivity contribution is 6.07. The number of amides is 1. The molecule has 154 valence electrons. The van der Waals surface area contributed by atoms with E-state index in [1.165, 1.54) is 0 Å². The maximum Gasteiger partial charge on any atom is 0.254 e. The van der Waals surface area contributed by atoms with Crippen molar-refractivity contribution in [1.29, 1.82) is 0 Å². The number of hydrogen-bond donors (Lipinski definition) is 3. The van der Waals surface area contributed by atoms with Crippen molar-refractivity contribution in [3.8, 4) is 0 Å². The number of aliphatic hydroxyl groups excluding tert-OH is 1. The molecule has 0 aliphatic heterocycles. The third kappa shape index (κ3) is 3.80. The molecule has 0 aliphatic rings. The van der Waals surface area contributed by atoms with Gasteiger partial charge in [0.2, 0.25) is 0 Å². The molecular weight excluding hydrogens is 370 g/mol. The first-order valence-corrected chi connectivity index (χ1v) is 9.73. The summed E-state index contributed by atoms with van der Waals surface area (Å²) in [7, 11) is 0. The molecule has 0 saturated heterocycles. The van der Waals surface area contributed by atoms with Crippen molar-refractivity contribution in [3.63, 3.8) is 0 Å². The Labute approximate surface area is 169 Å². The van der Waals surface area contributed by atoms with Crippen LogP contribution in [0.4, 0.5) is 0 Å². The third-order valence-corrected chi connectivity index (χ3v) is 5.36. The summed E-state index contributed by atoms with van der Waals surface area (Å²) >= 11 is 0. The molecule has 8 heteroatoms. The molecular formula is C21H27N5O3. The highest BCUT2D eigenvalue weighted by atomic mass is 16.3. The highest BCUT2D eigenvalue weighted by Gasteiger charge is 2.24. The standard InChI is InChI=1S/C21H27N5O3/c1-6-13(4)26-14(5)18(16-9-22-17(10-27)25-19(16)26)21(29)23-8-15-11(2)7-12(3)24-20(15)28/h7,9,13,27H,6,8,10H2,1-5H3,(H,23,29)(H,24,28)/t13-/m1/s1. The number of aromatic amines is 1. The molecule has 0 spiro atoms. The Balaban J connectivity index is 2.02. The van der Waals surface area contributed by atoms with Gasteiger partial charge in [-0.3, -0.25) is 9.59 Å². The summed E-state index contributed by atoms with van der Waals surface area (Å²) < 4.78 is 2.01. The van der Waals surface area contributed by atoms with Gasteiger partial charge in [0.25, 0.3) is 11.5 Å². The van der Waals surface area contributed by atoms with E-state index in [1.54, 1.807) is 6.20 Å². The average Bonchev–Trinajstić information content (AvgIpc) is 2.97. The Hall–Kier alpha value is -3.00. The van der Waals surface area contributed by atoms with Gasteiger partial charge in [0.1, 0.15) is 12.3 Å². The van der Waals surface area contributed by atoms with E-state index >= 15 is 0 Å². The first kappa shape index (κ1) is 20.7. The van der Waals surface area contributed by atoms with Crippen molar-refractivity contribution >= 4 is 16.9 Å². The van der Waals surface area contributed by atoms with Gasteiger partial charge in [-0.1, -0.05) is 6.92 Å². The Bertz CT molecular complexity index is 1130. The zero-order chi connectivity index (χ0) is 21.3. The molecule has 3 heterocycles. The Morgan fingerprint density at radius 3 is 2.69 bits per heavy atom. The van der Waals surface area contributed by atoms with E-state index in [0.717, 1.165) is 23.4 Å². The third-order valence-electron chi connectivity index (χ3n) is 5.36. The zero-order valence-corrected chi connectivity index (χ0v) is 17.5. The molecule has 1 amide bonds. The molecule has 3 rings (SSSR count). The van der Waals surface area contributed by atoms with E-state index in [2.05, 4.69) is 34.1 Å². The van der Waals surface area contributed by atoms with Crippen molar-refractivity contribution in [2.24, 2.45) is 0 Å². The van der Waals surface area contributed by atoms with E-state index in [9.17, 15) is 14.7 Å². The summed E-state index contributed by atoms with van der Waals surface area (Å²) in [6.45, 7) is 9.55. The van der Waals surface area contributed by atoms with Crippen molar-refractivity contribution in [1.82, 2.24) is 24.8 Å². The average molecular weight is 397 g/mol. The number of rotatable bonds is 6. The number of nitrogens with one attached hydrogen (secondary N) is 2. The molecule has 3 N–H and O–H groups in total. The number of pyridine rings is 1. The lowest BCUT2D eigenvalue weighted by Gasteiger charge is -2.15. The van der Waals surface area contributed by atoms with Crippen LogP contribution < -0.4 is 10.9 Å². The van der Waals surface area contributed by atoms with Crippen LogP contribution in [0, 0.1) is 20.8 Å². The largest absolute Gasteiger partial charge is 0.388 e. The fourth-order valence-electron chi connectivity index (χ4n) is 3.69. The second-order valence-corrected chi connectivity index (χ2v) is 7.40. The van der Waals surface area contributed by atoms with Gasteiger partial charge in [-0.25, -0.2) is 9.97 Å². The van der Waals surface area contributed by atoms with E-state index in [4.69, 9.17) is 0 Å². The maximum atomic E-state index is 13.1. The zero-order valence-electron chi connectivity index (χ0n) is 17.5. The van der Waals surface area contributed by atoms with E-state index < -0.39 is 0 Å². The monoisotopic (exact) mass is 397 g/mol. The summed E-state index contributed by atoms with van der Waals surface area (Å²) in [4.78, 5) is 36.7. The van der Waals surface area contributed by atoms with Crippen LogP contribution in [-0.4, -0.2) is 30.5 Å².